The number of hydrogen-bond donors (Lipinski definition) is 4. The normalized spacial score (nSPS) is 17.1. The predicted octanol–water partition coefficient (Wildman–Crippen LogP) is 1.74. The third-order valence-corrected chi connectivity index (χ3v) is 5.65. The number of ketones is 2. The molecule has 1 aliphatic heterocycles. The summed E-state index contributed by atoms with van der Waals surface area (Å²) in [7, 11) is 0. The monoisotopic (exact) mass is 422 g/mol. The third-order valence-electron chi connectivity index (χ3n) is 5.65. The van der Waals surface area contributed by atoms with Crippen LogP contribution in [0.5, 0.6) is 5.75 Å². The van der Waals surface area contributed by atoms with Crippen molar-refractivity contribution in [2.24, 2.45) is 0 Å². The minimum absolute atomic E-state index is 0.0907. The molecule has 0 bridgehead atoms. The zero-order valence-electron chi connectivity index (χ0n) is 16.6. The van der Waals surface area contributed by atoms with Crippen LogP contribution in [0.25, 0.3) is 11.1 Å². The lowest BCUT2D eigenvalue weighted by Gasteiger charge is -2.35. The molecule has 4 N–H and O–H groups in total. The maximum atomic E-state index is 12.6. The van der Waals surface area contributed by atoms with Crippen LogP contribution in [0.15, 0.2) is 54.6 Å². The number of allylic oxidation sites excluding steroid dienone is 4. The topological polar surface area (TPSA) is 124 Å². The largest absolute Gasteiger partial charge is 0.481 e. The van der Waals surface area contributed by atoms with Crippen molar-refractivity contribution in [2.45, 2.75) is 24.7 Å². The zero-order chi connectivity index (χ0) is 22.2. The molecule has 1 aliphatic carbocycles. The van der Waals surface area contributed by atoms with Gasteiger partial charge >= 0.3 is 0 Å². The van der Waals surface area contributed by atoms with Gasteiger partial charge in [0.05, 0.1) is 25.2 Å². The molecule has 0 spiro atoms. The highest BCUT2D eigenvalue weighted by atomic mass is 16.5. The Labute approximate surface area is 178 Å². The van der Waals surface area contributed by atoms with Gasteiger partial charge in [-0.25, -0.2) is 0 Å². The first-order chi connectivity index (χ1) is 14.9. The van der Waals surface area contributed by atoms with E-state index in [1.165, 1.54) is 0 Å². The van der Waals surface area contributed by atoms with Crippen molar-refractivity contribution in [3.8, 4) is 5.75 Å². The Kier molecular flexibility index (Phi) is 5.60. The fraction of sp³-hybridized carbons (Fsp3) is 0.250. The van der Waals surface area contributed by atoms with Crippen LogP contribution >= 0.6 is 0 Å². The Balaban J connectivity index is 1.56. The van der Waals surface area contributed by atoms with Gasteiger partial charge in [0, 0.05) is 5.56 Å². The minimum atomic E-state index is -2.03. The molecule has 2 aliphatic rings. The molecule has 0 saturated heterocycles. The molecule has 31 heavy (non-hydrogen) atoms. The van der Waals surface area contributed by atoms with Gasteiger partial charge in [-0.15, -0.1) is 0 Å². The average Bonchev–Trinajstić information content (AvgIpc) is 3.28. The van der Waals surface area contributed by atoms with Crippen LogP contribution in [-0.4, -0.2) is 57.1 Å². The fourth-order valence-corrected chi connectivity index (χ4v) is 3.82. The Morgan fingerprint density at radius 3 is 2.35 bits per heavy atom. The van der Waals surface area contributed by atoms with Crippen LogP contribution in [0.4, 0.5) is 0 Å². The van der Waals surface area contributed by atoms with Gasteiger partial charge in [0.15, 0.2) is 11.4 Å². The molecule has 1 heterocycles. The SMILES string of the molecule is O=C1CC(CO)(CO)Oc2ccc(C3=CC(c4ccc(C(=O)C(O)O)cc4)=CC3)cc21. The van der Waals surface area contributed by atoms with Crippen molar-refractivity contribution in [1.82, 2.24) is 0 Å². The number of carbonyl (C=O) groups is 2. The van der Waals surface area contributed by atoms with Gasteiger partial charge in [-0.05, 0) is 40.8 Å². The highest BCUT2D eigenvalue weighted by Crippen LogP contribution is 2.38. The number of rotatable bonds is 6. The lowest BCUT2D eigenvalue weighted by atomic mass is 9.89. The minimum Gasteiger partial charge on any atom is -0.481 e. The smallest absolute Gasteiger partial charge is 0.218 e. The molecule has 2 aromatic carbocycles. The van der Waals surface area contributed by atoms with Crippen LogP contribution < -0.4 is 4.74 Å². The van der Waals surface area contributed by atoms with Crippen molar-refractivity contribution in [1.29, 1.82) is 0 Å². The summed E-state index contributed by atoms with van der Waals surface area (Å²) in [5.41, 5.74) is 3.08. The molecule has 7 nitrogen and oxygen atoms in total. The van der Waals surface area contributed by atoms with Gasteiger partial charge in [-0.2, -0.15) is 0 Å². The van der Waals surface area contributed by atoms with E-state index in [4.69, 9.17) is 14.9 Å². The van der Waals surface area contributed by atoms with Crippen LogP contribution in [-0.2, 0) is 0 Å². The maximum Gasteiger partial charge on any atom is 0.218 e. The van der Waals surface area contributed by atoms with E-state index in [9.17, 15) is 19.8 Å². The fourth-order valence-electron chi connectivity index (χ4n) is 3.82. The zero-order valence-corrected chi connectivity index (χ0v) is 16.6. The first kappa shape index (κ1) is 21.1. The van der Waals surface area contributed by atoms with Crippen LogP contribution in [0.1, 0.15) is 44.7 Å². The highest BCUT2D eigenvalue weighted by Gasteiger charge is 2.40. The van der Waals surface area contributed by atoms with Crippen LogP contribution in [0, 0.1) is 0 Å². The average molecular weight is 422 g/mol. The molecule has 0 amide bonds. The summed E-state index contributed by atoms with van der Waals surface area (Å²) in [6.45, 7) is -0.896. The summed E-state index contributed by atoms with van der Waals surface area (Å²) < 4.78 is 5.73. The number of carbonyl (C=O) groups excluding carboxylic acids is 2. The Bertz CT molecular complexity index is 1090. The van der Waals surface area contributed by atoms with Crippen molar-refractivity contribution in [3.63, 3.8) is 0 Å². The number of aliphatic hydroxyl groups is 4. The first-order valence-corrected chi connectivity index (χ1v) is 9.86. The molecule has 0 atom stereocenters. The molecular weight excluding hydrogens is 400 g/mol. The van der Waals surface area contributed by atoms with Crippen LogP contribution in [0.2, 0.25) is 0 Å². The molecule has 160 valence electrons. The Morgan fingerprint density at radius 2 is 1.71 bits per heavy atom. The molecule has 0 unspecified atom stereocenters. The van der Waals surface area contributed by atoms with Crippen molar-refractivity contribution >= 4 is 22.7 Å². The number of ether oxygens (including phenoxy) is 1. The molecular formula is C24H22O7. The number of aliphatic hydroxyl groups excluding tert-OH is 3. The summed E-state index contributed by atoms with van der Waals surface area (Å²) in [4.78, 5) is 24.3. The second kappa shape index (κ2) is 8.20. The summed E-state index contributed by atoms with van der Waals surface area (Å²) >= 11 is 0. The summed E-state index contributed by atoms with van der Waals surface area (Å²) in [6.07, 6.45) is 2.58. The van der Waals surface area contributed by atoms with Gasteiger partial charge in [-0.1, -0.05) is 42.5 Å². The van der Waals surface area contributed by atoms with Gasteiger partial charge in [0.2, 0.25) is 12.1 Å². The maximum absolute atomic E-state index is 12.6. The van der Waals surface area contributed by atoms with E-state index in [1.54, 1.807) is 36.4 Å². The van der Waals surface area contributed by atoms with Gasteiger partial charge in [0.1, 0.15) is 5.75 Å². The van der Waals surface area contributed by atoms with E-state index in [1.807, 2.05) is 18.2 Å². The van der Waals surface area contributed by atoms with Gasteiger partial charge < -0.3 is 25.2 Å². The van der Waals surface area contributed by atoms with Crippen LogP contribution in [0.3, 0.4) is 0 Å². The second-order valence-corrected chi connectivity index (χ2v) is 7.76. The van der Waals surface area contributed by atoms with Gasteiger partial charge in [-0.3, -0.25) is 9.59 Å². The summed E-state index contributed by atoms with van der Waals surface area (Å²) in [6, 6.07) is 11.9. The standard InChI is InChI=1S/C24H22O7/c25-12-24(13-26)11-20(27)19-10-18(7-8-21(19)31-24)17-6-5-16(9-17)14-1-3-15(4-2-14)22(28)23(29)30/h1-5,7-10,23,25-26,29-30H,6,11-13H2. The molecule has 4 rings (SSSR count). The highest BCUT2D eigenvalue weighted by molar-refractivity contribution is 6.02. The second-order valence-electron chi connectivity index (χ2n) is 7.76. The van der Waals surface area contributed by atoms with Gasteiger partial charge in [0.25, 0.3) is 0 Å². The van der Waals surface area contributed by atoms with E-state index in [0.717, 1.165) is 22.3 Å². The van der Waals surface area contributed by atoms with E-state index < -0.39 is 30.9 Å². The molecule has 7 heteroatoms. The Morgan fingerprint density at radius 1 is 1.03 bits per heavy atom. The van der Waals surface area contributed by atoms with Crippen molar-refractivity contribution in [2.75, 3.05) is 13.2 Å². The quantitative estimate of drug-likeness (QED) is 0.413. The van der Waals surface area contributed by atoms with Crippen molar-refractivity contribution in [3.05, 3.63) is 76.9 Å². The Hall–Kier alpha value is -3.10. The molecule has 2 aromatic rings. The van der Waals surface area contributed by atoms with E-state index >= 15 is 0 Å². The van der Waals surface area contributed by atoms with Crippen molar-refractivity contribution < 1.29 is 34.8 Å². The van der Waals surface area contributed by atoms with E-state index in [2.05, 4.69) is 0 Å². The molecule has 0 radical (unpaired) electrons. The number of benzene rings is 2. The summed E-state index contributed by atoms with van der Waals surface area (Å²) in [5, 5.41) is 37.1. The first-order valence-electron chi connectivity index (χ1n) is 9.86. The number of hydrogen-bond acceptors (Lipinski definition) is 7. The number of Topliss-reactive ketones (excluding diaryl/α,β-unsaturated/α-hetero) is 2. The van der Waals surface area contributed by atoms with E-state index in [0.29, 0.717) is 17.7 Å². The summed E-state index contributed by atoms with van der Waals surface area (Å²) in [5.74, 6) is -0.596. The lowest BCUT2D eigenvalue weighted by molar-refractivity contribution is -0.0403. The third kappa shape index (κ3) is 3.96. The lowest BCUT2D eigenvalue weighted by Crippen LogP contribution is -2.48. The van der Waals surface area contributed by atoms with E-state index in [-0.39, 0.29) is 17.8 Å². The molecule has 0 aromatic heterocycles. The molecule has 0 saturated carbocycles. The number of fused-ring (bicyclic) bond motifs is 1. The molecule has 0 fully saturated rings. The predicted molar refractivity (Wildman–Crippen MR) is 112 cm³/mol.